The number of carbonyl (C=O) groups is 2. The van der Waals surface area contributed by atoms with Gasteiger partial charge in [-0.1, -0.05) is 25.1 Å². The molecule has 38 heavy (non-hydrogen) atoms. The zero-order valence-corrected chi connectivity index (χ0v) is 23.9. The minimum absolute atomic E-state index is 0.0854. The van der Waals surface area contributed by atoms with Crippen LogP contribution in [-0.4, -0.2) is 47.3 Å². The lowest BCUT2D eigenvalue weighted by atomic mass is 10.00. The number of esters is 1. The number of benzene rings is 1. The monoisotopic (exact) mass is 596 g/mol. The van der Waals surface area contributed by atoms with Crippen LogP contribution >= 0.6 is 15.9 Å². The van der Waals surface area contributed by atoms with Crippen LogP contribution in [-0.2, 0) is 9.47 Å². The number of carbonyl (C=O) groups excluding carboxylic acids is 2. The zero-order valence-electron chi connectivity index (χ0n) is 22.3. The molecule has 2 aliphatic heterocycles. The second kappa shape index (κ2) is 11.4. The molecule has 206 valence electrons. The van der Waals surface area contributed by atoms with E-state index in [0.29, 0.717) is 33.4 Å². The number of methoxy groups -OCH3 is 1. The summed E-state index contributed by atoms with van der Waals surface area (Å²) in [5.41, 5.74) is 2.68. The second-order valence-electron chi connectivity index (χ2n) is 10.3. The summed E-state index contributed by atoms with van der Waals surface area (Å²) in [6.07, 6.45) is 1.49. The van der Waals surface area contributed by atoms with Gasteiger partial charge in [-0.25, -0.2) is 9.59 Å². The van der Waals surface area contributed by atoms with Crippen LogP contribution in [0.5, 0.6) is 0 Å². The Bertz CT molecular complexity index is 1230. The van der Waals surface area contributed by atoms with Crippen molar-refractivity contribution >= 4 is 33.7 Å². The molecular weight excluding hydrogens is 565 g/mol. The highest BCUT2D eigenvalue weighted by Gasteiger charge is 2.36. The predicted molar refractivity (Wildman–Crippen MR) is 143 cm³/mol. The molecule has 2 aliphatic rings. The normalized spacial score (nSPS) is 17.8. The fraction of sp³-hybridized carbons (Fsp3) is 0.429. The standard InChI is InChI=1S/C28H32BrF3N2O4/c1-17-7-10-22-24(33(12-11-28(30,31)32)26(36)38-27(3,4)5)15-20(29)16-34(22)23(13-17)19-8-9-21(18(2)14-19)25(35)37-6/h8-10,13-17H,7,11-12H2,1-6H3. The molecule has 0 saturated heterocycles. The van der Waals surface area contributed by atoms with Crippen molar-refractivity contribution in [3.05, 3.63) is 75.2 Å². The number of hydrogen-bond donors (Lipinski definition) is 0. The summed E-state index contributed by atoms with van der Waals surface area (Å²) in [5, 5.41) is 0. The van der Waals surface area contributed by atoms with Gasteiger partial charge < -0.3 is 14.4 Å². The molecular formula is C28H32BrF3N2O4. The van der Waals surface area contributed by atoms with E-state index in [1.165, 1.54) is 7.11 Å². The van der Waals surface area contributed by atoms with Gasteiger partial charge in [0.2, 0.25) is 0 Å². The summed E-state index contributed by atoms with van der Waals surface area (Å²) in [4.78, 5) is 28.2. The van der Waals surface area contributed by atoms with Crippen LogP contribution in [0.1, 0.15) is 62.0 Å². The predicted octanol–water partition coefficient (Wildman–Crippen LogP) is 7.67. The number of amides is 1. The maximum Gasteiger partial charge on any atom is 0.414 e. The van der Waals surface area contributed by atoms with E-state index in [9.17, 15) is 22.8 Å². The zero-order chi connectivity index (χ0) is 28.4. The molecule has 1 unspecified atom stereocenters. The smallest absolute Gasteiger partial charge is 0.414 e. The Morgan fingerprint density at radius 2 is 1.87 bits per heavy atom. The van der Waals surface area contributed by atoms with Gasteiger partial charge in [-0.3, -0.25) is 4.90 Å². The molecule has 1 aromatic carbocycles. The van der Waals surface area contributed by atoms with Crippen molar-refractivity contribution in [2.75, 3.05) is 13.7 Å². The number of allylic oxidation sites excluding steroid dienone is 4. The van der Waals surface area contributed by atoms with Crippen LogP contribution in [0.3, 0.4) is 0 Å². The first kappa shape index (κ1) is 29.5. The van der Waals surface area contributed by atoms with Gasteiger partial charge in [-0.15, -0.1) is 0 Å². The van der Waals surface area contributed by atoms with Gasteiger partial charge in [0.25, 0.3) is 0 Å². The number of nitrogens with zero attached hydrogens (tertiary/aromatic N) is 2. The number of aryl methyl sites for hydroxylation is 1. The Morgan fingerprint density at radius 1 is 1.18 bits per heavy atom. The van der Waals surface area contributed by atoms with Crippen molar-refractivity contribution in [3.63, 3.8) is 0 Å². The van der Waals surface area contributed by atoms with Crippen molar-refractivity contribution in [1.29, 1.82) is 0 Å². The van der Waals surface area contributed by atoms with E-state index >= 15 is 0 Å². The molecule has 0 aliphatic carbocycles. The van der Waals surface area contributed by atoms with Crippen LogP contribution in [0, 0.1) is 12.8 Å². The molecule has 0 radical (unpaired) electrons. The first-order valence-electron chi connectivity index (χ1n) is 12.2. The Labute approximate surface area is 229 Å². The fourth-order valence-electron chi connectivity index (χ4n) is 4.15. The second-order valence-corrected chi connectivity index (χ2v) is 11.2. The Kier molecular flexibility index (Phi) is 8.86. The lowest BCUT2D eigenvalue weighted by Gasteiger charge is -2.36. The minimum atomic E-state index is -4.46. The van der Waals surface area contributed by atoms with Crippen LogP contribution in [0.25, 0.3) is 5.70 Å². The first-order valence-corrected chi connectivity index (χ1v) is 13.0. The summed E-state index contributed by atoms with van der Waals surface area (Å²) in [6, 6.07) is 5.35. The van der Waals surface area contributed by atoms with Crippen molar-refractivity contribution in [1.82, 2.24) is 9.80 Å². The molecule has 1 atom stereocenters. The number of fused-ring (bicyclic) bond motifs is 1. The summed E-state index contributed by atoms with van der Waals surface area (Å²) in [6.45, 7) is 8.23. The summed E-state index contributed by atoms with van der Waals surface area (Å²) in [7, 11) is 1.32. The molecule has 0 spiro atoms. The molecule has 2 heterocycles. The summed E-state index contributed by atoms with van der Waals surface area (Å²) >= 11 is 3.48. The lowest BCUT2D eigenvalue weighted by molar-refractivity contribution is -0.136. The number of rotatable bonds is 5. The van der Waals surface area contributed by atoms with E-state index in [-0.39, 0.29) is 5.92 Å². The van der Waals surface area contributed by atoms with E-state index in [1.807, 2.05) is 30.9 Å². The SMILES string of the molecule is COC(=O)c1ccc(C2=CC(C)CC=C3C(N(CCC(F)(F)F)C(=O)OC(C)(C)C)=CC(Br)=CN32)cc1C. The number of halogens is 4. The molecule has 0 fully saturated rings. The third-order valence-electron chi connectivity index (χ3n) is 5.88. The van der Waals surface area contributed by atoms with Crippen LogP contribution < -0.4 is 0 Å². The van der Waals surface area contributed by atoms with Gasteiger partial charge >= 0.3 is 18.2 Å². The molecule has 0 aromatic heterocycles. The molecule has 1 amide bonds. The van der Waals surface area contributed by atoms with Crippen LogP contribution in [0.15, 0.2) is 58.5 Å². The lowest BCUT2D eigenvalue weighted by Crippen LogP contribution is -2.40. The Morgan fingerprint density at radius 3 is 2.45 bits per heavy atom. The third kappa shape index (κ3) is 7.30. The average Bonchev–Trinajstić information content (AvgIpc) is 2.95. The first-order chi connectivity index (χ1) is 17.6. The van der Waals surface area contributed by atoms with E-state index < -0.39 is 36.8 Å². The largest absolute Gasteiger partial charge is 0.465 e. The molecule has 0 bridgehead atoms. The molecule has 0 saturated carbocycles. The molecule has 10 heteroatoms. The molecule has 0 N–H and O–H groups in total. The van der Waals surface area contributed by atoms with Crippen molar-refractivity contribution in [3.8, 4) is 0 Å². The molecule has 6 nitrogen and oxygen atoms in total. The van der Waals surface area contributed by atoms with Gasteiger partial charge in [-0.05, 0) is 85.3 Å². The number of hydrogen-bond acceptors (Lipinski definition) is 5. The molecule has 3 rings (SSSR count). The van der Waals surface area contributed by atoms with Crippen LogP contribution in [0.2, 0.25) is 0 Å². The van der Waals surface area contributed by atoms with E-state index in [0.717, 1.165) is 16.2 Å². The maximum absolute atomic E-state index is 13.3. The Balaban J connectivity index is 2.09. The van der Waals surface area contributed by atoms with Crippen molar-refractivity contribution in [2.45, 2.75) is 59.2 Å². The van der Waals surface area contributed by atoms with Gasteiger partial charge in [0, 0.05) is 22.9 Å². The van der Waals surface area contributed by atoms with Gasteiger partial charge in [0.1, 0.15) is 5.60 Å². The summed E-state index contributed by atoms with van der Waals surface area (Å²) < 4.78 is 50.7. The van der Waals surface area contributed by atoms with Crippen LogP contribution in [0.4, 0.5) is 18.0 Å². The minimum Gasteiger partial charge on any atom is -0.465 e. The van der Waals surface area contributed by atoms with Gasteiger partial charge in [0.15, 0.2) is 0 Å². The fourth-order valence-corrected chi connectivity index (χ4v) is 4.58. The van der Waals surface area contributed by atoms with Crippen molar-refractivity contribution < 1.29 is 32.2 Å². The topological polar surface area (TPSA) is 59.1 Å². The van der Waals surface area contributed by atoms with Gasteiger partial charge in [0.05, 0.1) is 30.5 Å². The quantitative estimate of drug-likeness (QED) is 0.326. The highest BCUT2D eigenvalue weighted by molar-refractivity contribution is 9.11. The summed E-state index contributed by atoms with van der Waals surface area (Å²) in [5.74, 6) is -0.358. The number of ether oxygens (including phenoxy) is 2. The van der Waals surface area contributed by atoms with E-state index in [1.54, 1.807) is 45.2 Å². The highest BCUT2D eigenvalue weighted by Crippen LogP contribution is 2.40. The van der Waals surface area contributed by atoms with Crippen molar-refractivity contribution in [2.24, 2.45) is 5.92 Å². The molecule has 1 aromatic rings. The number of alkyl halides is 3. The van der Waals surface area contributed by atoms with Gasteiger partial charge in [-0.2, -0.15) is 13.2 Å². The maximum atomic E-state index is 13.3. The van der Waals surface area contributed by atoms with E-state index in [2.05, 4.69) is 22.0 Å². The third-order valence-corrected chi connectivity index (χ3v) is 6.32. The highest BCUT2D eigenvalue weighted by atomic mass is 79.9. The Hall–Kier alpha value is -3.01. The van der Waals surface area contributed by atoms with E-state index in [4.69, 9.17) is 9.47 Å². The average molecular weight is 597 g/mol.